The number of hydrogen-bond acceptors (Lipinski definition) is 3. The van der Waals surface area contributed by atoms with Crippen molar-refractivity contribution >= 4 is 5.97 Å². The molecule has 3 heteroatoms. The molecule has 1 aromatic carbocycles. The molecular formula is C14H17NO2. The van der Waals surface area contributed by atoms with Gasteiger partial charge in [0.1, 0.15) is 0 Å². The minimum absolute atomic E-state index is 0.0231. The lowest BCUT2D eigenvalue weighted by Gasteiger charge is -2.33. The molecule has 3 atom stereocenters. The van der Waals surface area contributed by atoms with Gasteiger partial charge in [0, 0.05) is 12.0 Å². The first kappa shape index (κ1) is 10.8. The molecule has 0 bridgehead atoms. The van der Waals surface area contributed by atoms with E-state index in [1.807, 2.05) is 0 Å². The second-order valence-electron chi connectivity index (χ2n) is 4.91. The summed E-state index contributed by atoms with van der Waals surface area (Å²) in [5.74, 6) is 0.264. The van der Waals surface area contributed by atoms with Crippen LogP contribution in [0.1, 0.15) is 23.5 Å². The Morgan fingerprint density at radius 1 is 1.41 bits per heavy atom. The number of piperidine rings is 1. The lowest BCUT2D eigenvalue weighted by atomic mass is 9.80. The van der Waals surface area contributed by atoms with Crippen LogP contribution in [0.3, 0.4) is 0 Å². The fraction of sp³-hybridized carbons (Fsp3) is 0.500. The largest absolute Gasteiger partial charge is 0.469 e. The molecule has 3 rings (SSSR count). The molecule has 1 heterocycles. The number of benzene rings is 1. The highest BCUT2D eigenvalue weighted by Gasteiger charge is 2.43. The Bertz CT molecular complexity index is 444. The number of fused-ring (bicyclic) bond motifs is 3. The van der Waals surface area contributed by atoms with E-state index >= 15 is 0 Å². The maximum absolute atomic E-state index is 11.9. The van der Waals surface area contributed by atoms with Crippen molar-refractivity contribution in [2.24, 2.45) is 5.92 Å². The van der Waals surface area contributed by atoms with Crippen LogP contribution in [0.25, 0.3) is 0 Å². The van der Waals surface area contributed by atoms with Gasteiger partial charge in [-0.3, -0.25) is 4.79 Å². The zero-order valence-electron chi connectivity index (χ0n) is 9.98. The van der Waals surface area contributed by atoms with Crippen LogP contribution < -0.4 is 5.32 Å². The topological polar surface area (TPSA) is 38.3 Å². The highest BCUT2D eigenvalue weighted by molar-refractivity contribution is 5.74. The van der Waals surface area contributed by atoms with Gasteiger partial charge in [-0.2, -0.15) is 0 Å². The fourth-order valence-corrected chi connectivity index (χ4v) is 3.34. The minimum atomic E-state index is -0.0572. The molecule has 0 spiro atoms. The third-order valence-corrected chi connectivity index (χ3v) is 4.09. The van der Waals surface area contributed by atoms with Gasteiger partial charge >= 0.3 is 5.97 Å². The van der Waals surface area contributed by atoms with Crippen LogP contribution in [0.4, 0.5) is 0 Å². The van der Waals surface area contributed by atoms with Gasteiger partial charge in [-0.25, -0.2) is 0 Å². The van der Waals surface area contributed by atoms with Gasteiger partial charge in [-0.15, -0.1) is 0 Å². The summed E-state index contributed by atoms with van der Waals surface area (Å²) in [6.07, 6.45) is 1.91. The molecule has 1 aromatic rings. The number of rotatable bonds is 1. The second kappa shape index (κ2) is 4.15. The predicted molar refractivity (Wildman–Crippen MR) is 64.8 cm³/mol. The molecule has 2 unspecified atom stereocenters. The van der Waals surface area contributed by atoms with Gasteiger partial charge in [0.25, 0.3) is 0 Å². The second-order valence-corrected chi connectivity index (χ2v) is 4.91. The zero-order valence-corrected chi connectivity index (χ0v) is 9.98. The van der Waals surface area contributed by atoms with Crippen LogP contribution in [0.15, 0.2) is 24.3 Å². The molecule has 1 fully saturated rings. The highest BCUT2D eigenvalue weighted by Crippen LogP contribution is 2.42. The zero-order chi connectivity index (χ0) is 11.8. The van der Waals surface area contributed by atoms with E-state index in [0.717, 1.165) is 19.4 Å². The number of carbonyl (C=O) groups is 1. The maximum Gasteiger partial charge on any atom is 0.309 e. The standard InChI is InChI=1S/C14H17NO2/c1-17-14(16)11-6-7-15-12-8-9-4-2-3-5-10(9)13(11)12/h2-5,11-13,15H,6-8H2,1H3/t11-,12?,13?/m0/s1. The van der Waals surface area contributed by atoms with Crippen molar-refractivity contribution in [3.05, 3.63) is 35.4 Å². The molecular weight excluding hydrogens is 214 g/mol. The number of ether oxygens (including phenoxy) is 1. The molecule has 1 N–H and O–H groups in total. The van der Waals surface area contributed by atoms with Crippen molar-refractivity contribution in [3.63, 3.8) is 0 Å². The number of carbonyl (C=O) groups excluding carboxylic acids is 1. The fourth-order valence-electron chi connectivity index (χ4n) is 3.34. The van der Waals surface area contributed by atoms with Gasteiger partial charge in [0.05, 0.1) is 13.0 Å². The summed E-state index contributed by atoms with van der Waals surface area (Å²) in [5.41, 5.74) is 2.71. The smallest absolute Gasteiger partial charge is 0.309 e. The molecule has 1 aliphatic heterocycles. The molecule has 1 aliphatic carbocycles. The van der Waals surface area contributed by atoms with Crippen molar-refractivity contribution in [2.75, 3.05) is 13.7 Å². The Kier molecular flexibility index (Phi) is 2.63. The summed E-state index contributed by atoms with van der Waals surface area (Å²) in [7, 11) is 1.49. The SMILES string of the molecule is COC(=O)[C@H]1CCNC2Cc3ccccc3C21. The summed E-state index contributed by atoms with van der Waals surface area (Å²) in [6, 6.07) is 8.87. The van der Waals surface area contributed by atoms with Gasteiger partial charge in [0.15, 0.2) is 0 Å². The Morgan fingerprint density at radius 3 is 3.06 bits per heavy atom. The van der Waals surface area contributed by atoms with Crippen molar-refractivity contribution < 1.29 is 9.53 Å². The van der Waals surface area contributed by atoms with Crippen LogP contribution in [-0.2, 0) is 16.0 Å². The highest BCUT2D eigenvalue weighted by atomic mass is 16.5. The van der Waals surface area contributed by atoms with Gasteiger partial charge in [-0.1, -0.05) is 24.3 Å². The first-order valence-electron chi connectivity index (χ1n) is 6.20. The molecule has 0 radical (unpaired) electrons. The van der Waals surface area contributed by atoms with Crippen LogP contribution in [0, 0.1) is 5.92 Å². The number of methoxy groups -OCH3 is 1. The maximum atomic E-state index is 11.9. The van der Waals surface area contributed by atoms with E-state index in [1.54, 1.807) is 0 Å². The summed E-state index contributed by atoms with van der Waals surface area (Å²) < 4.78 is 4.95. The monoisotopic (exact) mass is 231 g/mol. The number of nitrogens with one attached hydrogen (secondary N) is 1. The number of hydrogen-bond donors (Lipinski definition) is 1. The van der Waals surface area contributed by atoms with Gasteiger partial charge < -0.3 is 10.1 Å². The van der Waals surface area contributed by atoms with E-state index in [4.69, 9.17) is 4.74 Å². The van der Waals surface area contributed by atoms with E-state index in [9.17, 15) is 4.79 Å². The van der Waals surface area contributed by atoms with E-state index in [0.29, 0.717) is 12.0 Å². The lowest BCUT2D eigenvalue weighted by Crippen LogP contribution is -2.45. The van der Waals surface area contributed by atoms with E-state index < -0.39 is 0 Å². The van der Waals surface area contributed by atoms with E-state index in [-0.39, 0.29) is 11.9 Å². The molecule has 0 saturated carbocycles. The van der Waals surface area contributed by atoms with Gasteiger partial charge in [-0.05, 0) is 30.5 Å². The summed E-state index contributed by atoms with van der Waals surface area (Å²) in [6.45, 7) is 0.912. The first-order chi connectivity index (χ1) is 8.31. The van der Waals surface area contributed by atoms with Crippen LogP contribution >= 0.6 is 0 Å². The lowest BCUT2D eigenvalue weighted by molar-refractivity contribution is -0.147. The Labute approximate surface area is 101 Å². The van der Waals surface area contributed by atoms with E-state index in [1.165, 1.54) is 18.2 Å². The molecule has 0 amide bonds. The quantitative estimate of drug-likeness (QED) is 0.744. The predicted octanol–water partition coefficient (Wildman–Crippen LogP) is 1.48. The van der Waals surface area contributed by atoms with Crippen LogP contribution in [0.2, 0.25) is 0 Å². The third-order valence-electron chi connectivity index (χ3n) is 4.09. The molecule has 1 saturated heterocycles. The Hall–Kier alpha value is -1.35. The first-order valence-corrected chi connectivity index (χ1v) is 6.20. The van der Waals surface area contributed by atoms with Crippen molar-refractivity contribution in [1.82, 2.24) is 5.32 Å². The Morgan fingerprint density at radius 2 is 2.24 bits per heavy atom. The van der Waals surface area contributed by atoms with Crippen LogP contribution in [0.5, 0.6) is 0 Å². The normalized spacial score (nSPS) is 30.5. The molecule has 0 aromatic heterocycles. The molecule has 3 nitrogen and oxygen atoms in total. The summed E-state index contributed by atoms with van der Waals surface area (Å²) in [5, 5.41) is 3.53. The summed E-state index contributed by atoms with van der Waals surface area (Å²) >= 11 is 0. The van der Waals surface area contributed by atoms with Crippen molar-refractivity contribution in [1.29, 1.82) is 0 Å². The van der Waals surface area contributed by atoms with Crippen molar-refractivity contribution in [3.8, 4) is 0 Å². The third kappa shape index (κ3) is 1.65. The number of esters is 1. The molecule has 90 valence electrons. The molecule has 2 aliphatic rings. The summed E-state index contributed by atoms with van der Waals surface area (Å²) in [4.78, 5) is 11.9. The average molecular weight is 231 g/mol. The Balaban J connectivity index is 1.98. The minimum Gasteiger partial charge on any atom is -0.469 e. The average Bonchev–Trinajstić information content (AvgIpc) is 2.76. The van der Waals surface area contributed by atoms with Crippen LogP contribution in [-0.4, -0.2) is 25.7 Å². The van der Waals surface area contributed by atoms with Crippen molar-refractivity contribution in [2.45, 2.75) is 24.8 Å². The molecule has 17 heavy (non-hydrogen) atoms. The van der Waals surface area contributed by atoms with Gasteiger partial charge in [0.2, 0.25) is 0 Å². The van der Waals surface area contributed by atoms with E-state index in [2.05, 4.69) is 29.6 Å².